The predicted molar refractivity (Wildman–Crippen MR) is 115 cm³/mol. The zero-order valence-electron chi connectivity index (χ0n) is 15.9. The standard InChI is InChI=1S/C19H36N4O.HI/c1-2-20-19(21-10-5-8-17-6-3-4-7-17)23-11-9-18(16-23)22-12-14-24-15-13-22;/h17-18H,2-16H2,1H3,(H,20,21);1H. The maximum absolute atomic E-state index is 5.49. The molecule has 2 heterocycles. The molecule has 1 saturated carbocycles. The summed E-state index contributed by atoms with van der Waals surface area (Å²) in [6, 6.07) is 0.677. The molecule has 0 radical (unpaired) electrons. The van der Waals surface area contributed by atoms with Crippen molar-refractivity contribution in [3.63, 3.8) is 0 Å². The van der Waals surface area contributed by atoms with Gasteiger partial charge in [0.05, 0.1) is 13.2 Å². The molecule has 1 aliphatic carbocycles. The van der Waals surface area contributed by atoms with Crippen LogP contribution in [0.15, 0.2) is 4.99 Å². The van der Waals surface area contributed by atoms with Crippen molar-refractivity contribution in [2.75, 3.05) is 52.5 Å². The lowest BCUT2D eigenvalue weighted by atomic mass is 10.0. The highest BCUT2D eigenvalue weighted by molar-refractivity contribution is 14.0. The number of halogens is 1. The first-order valence-corrected chi connectivity index (χ1v) is 10.2. The molecule has 0 amide bonds. The van der Waals surface area contributed by atoms with Gasteiger partial charge in [0, 0.05) is 45.3 Å². The average Bonchev–Trinajstić information content (AvgIpc) is 3.30. The summed E-state index contributed by atoms with van der Waals surface area (Å²) in [5.41, 5.74) is 0. The summed E-state index contributed by atoms with van der Waals surface area (Å²) in [6.45, 7) is 10.3. The number of ether oxygens (including phenoxy) is 1. The van der Waals surface area contributed by atoms with Crippen molar-refractivity contribution >= 4 is 29.9 Å². The van der Waals surface area contributed by atoms with Crippen LogP contribution in [0.4, 0.5) is 0 Å². The van der Waals surface area contributed by atoms with Crippen LogP contribution in [0.25, 0.3) is 0 Å². The summed E-state index contributed by atoms with van der Waals surface area (Å²) in [5, 5.41) is 3.51. The van der Waals surface area contributed by atoms with Crippen molar-refractivity contribution in [3.8, 4) is 0 Å². The number of hydrogen-bond donors (Lipinski definition) is 1. The van der Waals surface area contributed by atoms with Gasteiger partial charge in [-0.05, 0) is 32.1 Å². The first-order valence-electron chi connectivity index (χ1n) is 10.2. The van der Waals surface area contributed by atoms with Crippen molar-refractivity contribution in [2.45, 2.75) is 57.9 Å². The molecule has 6 heteroatoms. The van der Waals surface area contributed by atoms with Crippen LogP contribution in [-0.2, 0) is 4.74 Å². The van der Waals surface area contributed by atoms with E-state index in [1.165, 1.54) is 44.9 Å². The highest BCUT2D eigenvalue weighted by Gasteiger charge is 2.30. The highest BCUT2D eigenvalue weighted by Crippen LogP contribution is 2.28. The Kier molecular flexibility index (Phi) is 9.84. The molecule has 3 fully saturated rings. The Morgan fingerprint density at radius 1 is 1.12 bits per heavy atom. The van der Waals surface area contributed by atoms with E-state index in [0.717, 1.165) is 64.4 Å². The lowest BCUT2D eigenvalue weighted by molar-refractivity contribution is 0.0195. The molecule has 1 unspecified atom stereocenters. The van der Waals surface area contributed by atoms with Gasteiger partial charge in [-0.1, -0.05) is 25.7 Å². The van der Waals surface area contributed by atoms with Crippen LogP contribution in [-0.4, -0.2) is 74.3 Å². The lowest BCUT2D eigenvalue weighted by Gasteiger charge is -2.32. The minimum absolute atomic E-state index is 0. The Bertz CT molecular complexity index is 395. The van der Waals surface area contributed by atoms with E-state index in [0.29, 0.717) is 6.04 Å². The van der Waals surface area contributed by atoms with Crippen molar-refractivity contribution in [3.05, 3.63) is 0 Å². The second kappa shape index (κ2) is 11.6. The average molecular weight is 464 g/mol. The van der Waals surface area contributed by atoms with Gasteiger partial charge < -0.3 is 15.0 Å². The van der Waals surface area contributed by atoms with Crippen molar-refractivity contribution in [1.82, 2.24) is 15.1 Å². The Morgan fingerprint density at radius 3 is 2.60 bits per heavy atom. The molecule has 2 aliphatic heterocycles. The van der Waals surface area contributed by atoms with Gasteiger partial charge in [-0.15, -0.1) is 24.0 Å². The van der Waals surface area contributed by atoms with Crippen molar-refractivity contribution in [2.24, 2.45) is 10.9 Å². The van der Waals surface area contributed by atoms with E-state index in [2.05, 4.69) is 22.0 Å². The maximum Gasteiger partial charge on any atom is 0.193 e. The molecule has 0 aromatic carbocycles. The molecule has 0 spiro atoms. The van der Waals surface area contributed by atoms with E-state index in [4.69, 9.17) is 9.73 Å². The number of aliphatic imine (C=N–C) groups is 1. The molecule has 25 heavy (non-hydrogen) atoms. The molecule has 1 N–H and O–H groups in total. The SMILES string of the molecule is CCNC(=NCCCC1CCCC1)N1CCC(N2CCOCC2)C1.I. The van der Waals surface area contributed by atoms with Crippen LogP contribution in [0, 0.1) is 5.92 Å². The maximum atomic E-state index is 5.49. The van der Waals surface area contributed by atoms with Crippen LogP contribution in [0.2, 0.25) is 0 Å². The Hall–Kier alpha value is -0.0800. The Morgan fingerprint density at radius 2 is 1.88 bits per heavy atom. The summed E-state index contributed by atoms with van der Waals surface area (Å²) in [5.74, 6) is 2.12. The van der Waals surface area contributed by atoms with E-state index < -0.39 is 0 Å². The second-order valence-corrected chi connectivity index (χ2v) is 7.57. The number of hydrogen-bond acceptors (Lipinski definition) is 3. The number of nitrogens with zero attached hydrogens (tertiary/aromatic N) is 3. The summed E-state index contributed by atoms with van der Waals surface area (Å²) >= 11 is 0. The minimum atomic E-state index is 0. The Balaban J connectivity index is 0.00000225. The van der Waals surface area contributed by atoms with Crippen LogP contribution < -0.4 is 5.32 Å². The van der Waals surface area contributed by atoms with Crippen LogP contribution in [0.3, 0.4) is 0 Å². The fraction of sp³-hybridized carbons (Fsp3) is 0.947. The van der Waals surface area contributed by atoms with Gasteiger partial charge in [0.1, 0.15) is 0 Å². The van der Waals surface area contributed by atoms with Crippen molar-refractivity contribution in [1.29, 1.82) is 0 Å². The first-order chi connectivity index (χ1) is 11.9. The Labute approximate surface area is 171 Å². The van der Waals surface area contributed by atoms with Gasteiger partial charge in [-0.25, -0.2) is 0 Å². The summed E-state index contributed by atoms with van der Waals surface area (Å²) in [6.07, 6.45) is 9.70. The quantitative estimate of drug-likeness (QED) is 0.284. The molecule has 0 bridgehead atoms. The summed E-state index contributed by atoms with van der Waals surface area (Å²) in [4.78, 5) is 10.0. The topological polar surface area (TPSA) is 40.1 Å². The lowest BCUT2D eigenvalue weighted by Crippen LogP contribution is -2.46. The number of morpholine rings is 1. The molecule has 3 aliphatic rings. The summed E-state index contributed by atoms with van der Waals surface area (Å²) in [7, 11) is 0. The van der Waals surface area contributed by atoms with Crippen LogP contribution in [0.1, 0.15) is 51.9 Å². The molecule has 0 aromatic rings. The largest absolute Gasteiger partial charge is 0.379 e. The third-order valence-electron chi connectivity index (χ3n) is 5.87. The van der Waals surface area contributed by atoms with Gasteiger partial charge in [-0.2, -0.15) is 0 Å². The fourth-order valence-electron chi connectivity index (χ4n) is 4.46. The molecule has 1 atom stereocenters. The van der Waals surface area contributed by atoms with Crippen LogP contribution >= 0.6 is 24.0 Å². The van der Waals surface area contributed by atoms with E-state index >= 15 is 0 Å². The first kappa shape index (κ1) is 21.2. The van der Waals surface area contributed by atoms with Crippen molar-refractivity contribution < 1.29 is 4.74 Å². The zero-order chi connectivity index (χ0) is 16.6. The van der Waals surface area contributed by atoms with Crippen LogP contribution in [0.5, 0.6) is 0 Å². The summed E-state index contributed by atoms with van der Waals surface area (Å²) < 4.78 is 5.49. The van der Waals surface area contributed by atoms with Gasteiger partial charge in [0.15, 0.2) is 5.96 Å². The van der Waals surface area contributed by atoms with E-state index in [-0.39, 0.29) is 24.0 Å². The zero-order valence-corrected chi connectivity index (χ0v) is 18.2. The normalized spacial score (nSPS) is 26.0. The second-order valence-electron chi connectivity index (χ2n) is 7.57. The monoisotopic (exact) mass is 464 g/mol. The molecule has 5 nitrogen and oxygen atoms in total. The fourth-order valence-corrected chi connectivity index (χ4v) is 4.46. The number of rotatable bonds is 6. The third-order valence-corrected chi connectivity index (χ3v) is 5.87. The smallest absolute Gasteiger partial charge is 0.193 e. The van der Waals surface area contributed by atoms with E-state index in [1.54, 1.807) is 0 Å². The molecular formula is C19H37IN4O. The molecule has 146 valence electrons. The molecular weight excluding hydrogens is 427 g/mol. The number of likely N-dealkylation sites (tertiary alicyclic amines) is 1. The van der Waals surface area contributed by atoms with Gasteiger partial charge >= 0.3 is 0 Å². The van der Waals surface area contributed by atoms with Gasteiger partial charge in [0.25, 0.3) is 0 Å². The molecule has 3 rings (SSSR count). The third kappa shape index (κ3) is 6.54. The van der Waals surface area contributed by atoms with E-state index in [9.17, 15) is 0 Å². The minimum Gasteiger partial charge on any atom is -0.379 e. The predicted octanol–water partition coefficient (Wildman–Crippen LogP) is 2.95. The number of nitrogens with one attached hydrogen (secondary N) is 1. The highest BCUT2D eigenvalue weighted by atomic mass is 127. The molecule has 0 aromatic heterocycles. The van der Waals surface area contributed by atoms with Gasteiger partial charge in [0.2, 0.25) is 0 Å². The van der Waals surface area contributed by atoms with E-state index in [1.807, 2.05) is 0 Å². The van der Waals surface area contributed by atoms with Gasteiger partial charge in [-0.3, -0.25) is 9.89 Å². The number of guanidine groups is 1. The molecule has 2 saturated heterocycles.